The molecule has 1 aliphatic carbocycles. The molecule has 0 aliphatic heterocycles. The minimum atomic E-state index is -0.126. The van der Waals surface area contributed by atoms with E-state index in [-0.39, 0.29) is 17.9 Å². The van der Waals surface area contributed by atoms with E-state index in [9.17, 15) is 4.79 Å². The zero-order valence-electron chi connectivity index (χ0n) is 18.6. The molecule has 5 rings (SSSR count). The van der Waals surface area contributed by atoms with Gasteiger partial charge in [-0.25, -0.2) is 4.98 Å². The fourth-order valence-corrected chi connectivity index (χ4v) is 4.49. The van der Waals surface area contributed by atoms with Crippen molar-refractivity contribution in [1.29, 1.82) is 0 Å². The van der Waals surface area contributed by atoms with Gasteiger partial charge in [0.05, 0.1) is 35.4 Å². The summed E-state index contributed by atoms with van der Waals surface area (Å²) in [5, 5.41) is 12.6. The normalized spacial score (nSPS) is 15.8. The number of hydrogen-bond donors (Lipinski definition) is 1. The van der Waals surface area contributed by atoms with Crippen molar-refractivity contribution in [1.82, 2.24) is 25.2 Å². The van der Waals surface area contributed by atoms with Crippen molar-refractivity contribution in [3.63, 3.8) is 0 Å². The van der Waals surface area contributed by atoms with E-state index in [0.717, 1.165) is 37.1 Å². The predicted octanol–water partition coefficient (Wildman–Crippen LogP) is 4.71. The number of nitrogens with one attached hydrogen (secondary N) is 1. The van der Waals surface area contributed by atoms with Crippen LogP contribution in [0.3, 0.4) is 0 Å². The second-order valence-electron chi connectivity index (χ2n) is 8.81. The number of rotatable bonds is 5. The lowest BCUT2D eigenvalue weighted by Crippen LogP contribution is -2.31. The molecule has 0 spiro atoms. The Morgan fingerprint density at radius 3 is 2.88 bits per heavy atom. The highest BCUT2D eigenvalue weighted by Gasteiger charge is 2.28. The minimum Gasteiger partial charge on any atom is -0.345 e. The Labute approximate surface area is 186 Å². The first-order chi connectivity index (χ1) is 15.5. The van der Waals surface area contributed by atoms with E-state index in [0.29, 0.717) is 22.4 Å². The molecule has 1 unspecified atom stereocenters. The third kappa shape index (κ3) is 3.68. The fourth-order valence-electron chi connectivity index (χ4n) is 4.49. The molecule has 32 heavy (non-hydrogen) atoms. The van der Waals surface area contributed by atoms with E-state index < -0.39 is 0 Å². The Balaban J connectivity index is 1.44. The van der Waals surface area contributed by atoms with Crippen LogP contribution in [0.2, 0.25) is 0 Å². The van der Waals surface area contributed by atoms with Gasteiger partial charge in [-0.1, -0.05) is 49.3 Å². The zero-order chi connectivity index (χ0) is 22.2. The first kappa shape index (κ1) is 20.4. The van der Waals surface area contributed by atoms with Crippen molar-refractivity contribution in [2.75, 3.05) is 0 Å². The summed E-state index contributed by atoms with van der Waals surface area (Å²) in [5.41, 5.74) is 6.01. The van der Waals surface area contributed by atoms with Gasteiger partial charge in [-0.3, -0.25) is 9.48 Å². The molecule has 1 aromatic carbocycles. The van der Waals surface area contributed by atoms with E-state index in [4.69, 9.17) is 4.52 Å². The van der Waals surface area contributed by atoms with Gasteiger partial charge in [0.25, 0.3) is 11.6 Å². The summed E-state index contributed by atoms with van der Waals surface area (Å²) in [4.78, 5) is 18.0. The molecule has 0 bridgehead atoms. The Kier molecular flexibility index (Phi) is 5.25. The number of nitrogens with zero attached hydrogens (tertiary/aromatic N) is 4. The van der Waals surface area contributed by atoms with Gasteiger partial charge in [0.15, 0.2) is 0 Å². The molecule has 0 saturated carbocycles. The van der Waals surface area contributed by atoms with E-state index in [2.05, 4.69) is 37.4 Å². The van der Waals surface area contributed by atoms with Crippen LogP contribution in [0.25, 0.3) is 11.1 Å². The lowest BCUT2D eigenvalue weighted by atomic mass is 9.92. The monoisotopic (exact) mass is 429 g/mol. The quantitative estimate of drug-likeness (QED) is 0.497. The van der Waals surface area contributed by atoms with Gasteiger partial charge in [0, 0.05) is 17.0 Å². The minimum absolute atomic E-state index is 0.0679. The molecule has 3 heterocycles. The highest BCUT2D eigenvalue weighted by atomic mass is 16.5. The zero-order valence-corrected chi connectivity index (χ0v) is 18.6. The maximum absolute atomic E-state index is 13.4. The standard InChI is InChI=1S/C25H27N5O2/c1-15(2)21-12-18(23-16(3)29-32-25(23)28-21)24(31)27-20-10-7-11-22-19(20)13-26-30(22)14-17-8-5-4-6-9-17/h4-6,8-9,12-13,15,20H,7,10-11,14H2,1-3H3,(H,27,31). The fraction of sp³-hybridized carbons (Fsp3) is 0.360. The van der Waals surface area contributed by atoms with Gasteiger partial charge < -0.3 is 9.84 Å². The molecule has 0 fully saturated rings. The largest absolute Gasteiger partial charge is 0.345 e. The van der Waals surface area contributed by atoms with E-state index in [1.54, 1.807) is 0 Å². The third-order valence-electron chi connectivity index (χ3n) is 6.22. The molecule has 7 heteroatoms. The lowest BCUT2D eigenvalue weighted by Gasteiger charge is -2.24. The number of amides is 1. The van der Waals surface area contributed by atoms with Crippen LogP contribution in [-0.4, -0.2) is 25.8 Å². The lowest BCUT2D eigenvalue weighted by molar-refractivity contribution is 0.0934. The first-order valence-electron chi connectivity index (χ1n) is 11.2. The number of benzene rings is 1. The molecule has 1 atom stereocenters. The second kappa shape index (κ2) is 8.22. The van der Waals surface area contributed by atoms with Crippen LogP contribution in [-0.2, 0) is 13.0 Å². The van der Waals surface area contributed by atoms with E-state index in [1.165, 1.54) is 11.3 Å². The Hall–Kier alpha value is -3.48. The smallest absolute Gasteiger partial charge is 0.259 e. The molecule has 0 radical (unpaired) electrons. The molecule has 1 amide bonds. The highest BCUT2D eigenvalue weighted by molar-refractivity contribution is 6.06. The molecule has 1 N–H and O–H groups in total. The van der Waals surface area contributed by atoms with Crippen molar-refractivity contribution in [3.05, 3.63) is 76.4 Å². The first-order valence-corrected chi connectivity index (χ1v) is 11.2. The van der Waals surface area contributed by atoms with Gasteiger partial charge >= 0.3 is 0 Å². The molecule has 3 aromatic heterocycles. The maximum Gasteiger partial charge on any atom is 0.259 e. The second-order valence-corrected chi connectivity index (χ2v) is 8.81. The molecular weight excluding hydrogens is 402 g/mol. The summed E-state index contributed by atoms with van der Waals surface area (Å²) in [6.45, 7) is 6.67. The number of hydrogen-bond acceptors (Lipinski definition) is 5. The summed E-state index contributed by atoms with van der Waals surface area (Å²) >= 11 is 0. The topological polar surface area (TPSA) is 85.8 Å². The van der Waals surface area contributed by atoms with Crippen molar-refractivity contribution in [2.45, 2.75) is 58.5 Å². The highest BCUT2D eigenvalue weighted by Crippen LogP contribution is 2.31. The predicted molar refractivity (Wildman–Crippen MR) is 122 cm³/mol. The summed E-state index contributed by atoms with van der Waals surface area (Å²) in [6, 6.07) is 12.1. The van der Waals surface area contributed by atoms with Gasteiger partial charge in [0.1, 0.15) is 0 Å². The number of aryl methyl sites for hydroxylation is 1. The number of fused-ring (bicyclic) bond motifs is 2. The number of carbonyl (C=O) groups excluding carboxylic acids is 1. The van der Waals surface area contributed by atoms with Crippen LogP contribution < -0.4 is 5.32 Å². The van der Waals surface area contributed by atoms with Gasteiger partial charge in [-0.05, 0) is 43.7 Å². The average Bonchev–Trinajstić information content (AvgIpc) is 3.38. The van der Waals surface area contributed by atoms with E-state index in [1.807, 2.05) is 51.2 Å². The summed E-state index contributed by atoms with van der Waals surface area (Å²) in [6.07, 6.45) is 4.78. The number of carbonyl (C=O) groups is 1. The van der Waals surface area contributed by atoms with Crippen LogP contribution in [0.5, 0.6) is 0 Å². The van der Waals surface area contributed by atoms with Gasteiger partial charge in [0.2, 0.25) is 0 Å². The molecule has 0 saturated heterocycles. The SMILES string of the molecule is Cc1noc2nc(C(C)C)cc(C(=O)NC3CCCc4c3cnn4Cc3ccccc3)c12. The average molecular weight is 430 g/mol. The van der Waals surface area contributed by atoms with Crippen molar-refractivity contribution in [2.24, 2.45) is 0 Å². The molecule has 1 aliphatic rings. The van der Waals surface area contributed by atoms with Crippen molar-refractivity contribution < 1.29 is 9.32 Å². The summed E-state index contributed by atoms with van der Waals surface area (Å²) in [5.74, 6) is 0.0492. The van der Waals surface area contributed by atoms with Crippen molar-refractivity contribution in [3.8, 4) is 0 Å². The Morgan fingerprint density at radius 2 is 2.09 bits per heavy atom. The van der Waals surface area contributed by atoms with Crippen LogP contribution in [0, 0.1) is 6.92 Å². The summed E-state index contributed by atoms with van der Waals surface area (Å²) in [7, 11) is 0. The van der Waals surface area contributed by atoms with Crippen LogP contribution in [0.15, 0.2) is 47.1 Å². The maximum atomic E-state index is 13.4. The number of aromatic nitrogens is 4. The molecular formula is C25H27N5O2. The van der Waals surface area contributed by atoms with Crippen LogP contribution >= 0.6 is 0 Å². The number of pyridine rings is 1. The molecule has 7 nitrogen and oxygen atoms in total. The molecule has 4 aromatic rings. The van der Waals surface area contributed by atoms with Crippen LogP contribution in [0.1, 0.15) is 77.2 Å². The molecule has 164 valence electrons. The van der Waals surface area contributed by atoms with Gasteiger partial charge in [-0.15, -0.1) is 0 Å². The van der Waals surface area contributed by atoms with Crippen molar-refractivity contribution >= 4 is 17.0 Å². The Morgan fingerprint density at radius 1 is 1.28 bits per heavy atom. The van der Waals surface area contributed by atoms with Gasteiger partial charge in [-0.2, -0.15) is 5.10 Å². The summed E-state index contributed by atoms with van der Waals surface area (Å²) < 4.78 is 7.45. The van der Waals surface area contributed by atoms with Crippen LogP contribution in [0.4, 0.5) is 0 Å². The Bertz CT molecular complexity index is 1270. The van der Waals surface area contributed by atoms with E-state index >= 15 is 0 Å². The third-order valence-corrected chi connectivity index (χ3v) is 6.22.